The monoisotopic (exact) mass is 1250 g/mol. The van der Waals surface area contributed by atoms with Crippen molar-refractivity contribution in [3.05, 3.63) is 24.3 Å². The van der Waals surface area contributed by atoms with E-state index >= 15 is 0 Å². The smallest absolute Gasteiger partial charge is 0.305 e. The first-order valence-corrected chi connectivity index (χ1v) is 41.1. The van der Waals surface area contributed by atoms with Crippen LogP contribution in [-0.2, 0) is 14.3 Å². The summed E-state index contributed by atoms with van der Waals surface area (Å²) >= 11 is 0. The van der Waals surface area contributed by atoms with Gasteiger partial charge in [-0.15, -0.1) is 0 Å². The van der Waals surface area contributed by atoms with Crippen molar-refractivity contribution in [3.63, 3.8) is 0 Å². The highest BCUT2D eigenvalue weighted by atomic mass is 16.5. The third kappa shape index (κ3) is 75.3. The predicted octanol–water partition coefficient (Wildman–Crippen LogP) is 27.2. The molecule has 2 unspecified atom stereocenters. The van der Waals surface area contributed by atoms with Gasteiger partial charge in [0.1, 0.15) is 0 Å². The van der Waals surface area contributed by atoms with Crippen LogP contribution in [0.2, 0.25) is 0 Å². The molecule has 89 heavy (non-hydrogen) atoms. The van der Waals surface area contributed by atoms with Gasteiger partial charge in [0.15, 0.2) is 0 Å². The lowest BCUT2D eigenvalue weighted by Crippen LogP contribution is -2.45. The van der Waals surface area contributed by atoms with Gasteiger partial charge >= 0.3 is 5.97 Å². The maximum Gasteiger partial charge on any atom is 0.305 e. The number of rotatable bonds is 78. The summed E-state index contributed by atoms with van der Waals surface area (Å²) in [6, 6.07) is -0.540. The Kier molecular flexibility index (Phi) is 77.3. The number of unbranched alkanes of at least 4 members (excludes halogenated alkanes) is 63. The molecule has 0 aromatic heterocycles. The highest BCUT2D eigenvalue weighted by molar-refractivity contribution is 5.76. The zero-order valence-electron chi connectivity index (χ0n) is 60.7. The SMILES string of the molecule is CCCCCCCCCCCCCCCCCCCCCCCCC(O)C(CO)NC(=O)CCCCCCCCCCCCCCCCCCC/C=C\C/C=C\CCCCCCCCCCCCCCCOC(=O)CCCCCCCCCCCCCCC. The standard InChI is InChI=1S/C83H161NO5/c1-3-5-7-9-11-13-15-17-18-19-20-21-39-42-45-48-52-55-59-63-67-71-75-81(86)80(79-85)84-82(87)76-72-68-64-60-56-53-49-46-43-40-37-35-33-31-29-27-25-23-22-24-26-28-30-32-34-36-38-41-44-47-50-54-58-62-66-70-74-78-89-83(88)77-73-69-65-61-57-51-16-14-12-10-8-6-4-2/h22,24,28,30,80-81,85-86H,3-21,23,25-27,29,31-79H2,1-2H3,(H,84,87)/b24-22-,30-28-. The van der Waals surface area contributed by atoms with E-state index in [0.717, 1.165) is 44.9 Å². The van der Waals surface area contributed by atoms with Crippen molar-refractivity contribution in [3.8, 4) is 0 Å². The summed E-state index contributed by atoms with van der Waals surface area (Å²) in [5.74, 6) is -0.00525. The molecule has 0 aliphatic rings. The molecule has 2 atom stereocenters. The molecule has 3 N–H and O–H groups in total. The molecule has 0 spiro atoms. The van der Waals surface area contributed by atoms with Gasteiger partial charge in [-0.3, -0.25) is 9.59 Å². The van der Waals surface area contributed by atoms with Crippen molar-refractivity contribution in [1.82, 2.24) is 5.32 Å². The molecule has 0 aromatic carbocycles. The molecule has 0 rings (SSSR count). The Labute approximate surface area is 558 Å². The van der Waals surface area contributed by atoms with E-state index in [0.29, 0.717) is 25.9 Å². The molecule has 6 heteroatoms. The lowest BCUT2D eigenvalue weighted by molar-refractivity contribution is -0.143. The van der Waals surface area contributed by atoms with Crippen LogP contribution in [0.5, 0.6) is 0 Å². The third-order valence-electron chi connectivity index (χ3n) is 19.5. The minimum absolute atomic E-state index is 0.0213. The topological polar surface area (TPSA) is 95.9 Å². The van der Waals surface area contributed by atoms with Crippen LogP contribution in [0.15, 0.2) is 24.3 Å². The summed E-state index contributed by atoms with van der Waals surface area (Å²) in [7, 11) is 0. The number of esters is 1. The fourth-order valence-electron chi connectivity index (χ4n) is 13.3. The highest BCUT2D eigenvalue weighted by Crippen LogP contribution is 2.20. The molecule has 528 valence electrons. The maximum absolute atomic E-state index is 12.6. The van der Waals surface area contributed by atoms with Gasteiger partial charge in [0.25, 0.3) is 0 Å². The summed E-state index contributed by atoms with van der Waals surface area (Å²) in [5.41, 5.74) is 0. The summed E-state index contributed by atoms with van der Waals surface area (Å²) in [6.07, 6.45) is 101. The average Bonchev–Trinajstić information content (AvgIpc) is 3.68. The van der Waals surface area contributed by atoms with Gasteiger partial charge in [-0.25, -0.2) is 0 Å². The van der Waals surface area contributed by atoms with Crippen molar-refractivity contribution >= 4 is 11.9 Å². The number of carbonyl (C=O) groups is 2. The largest absolute Gasteiger partial charge is 0.466 e. The van der Waals surface area contributed by atoms with Crippen molar-refractivity contribution in [1.29, 1.82) is 0 Å². The first-order chi connectivity index (χ1) is 44.0. The number of hydrogen-bond acceptors (Lipinski definition) is 5. The van der Waals surface area contributed by atoms with Crippen molar-refractivity contribution in [2.24, 2.45) is 0 Å². The van der Waals surface area contributed by atoms with Crippen LogP contribution in [0.3, 0.4) is 0 Å². The number of aliphatic hydroxyl groups excluding tert-OH is 2. The average molecular weight is 1250 g/mol. The van der Waals surface area contributed by atoms with E-state index in [9.17, 15) is 19.8 Å². The number of allylic oxidation sites excluding steroid dienone is 4. The zero-order valence-corrected chi connectivity index (χ0v) is 60.7. The van der Waals surface area contributed by atoms with Crippen LogP contribution in [0.1, 0.15) is 470 Å². The Morgan fingerprint density at radius 3 is 0.854 bits per heavy atom. The van der Waals surface area contributed by atoms with E-state index in [-0.39, 0.29) is 18.5 Å². The number of hydrogen-bond donors (Lipinski definition) is 3. The Morgan fingerprint density at radius 2 is 0.562 bits per heavy atom. The number of ether oxygens (including phenoxy) is 1. The molecular weight excluding hydrogens is 1090 g/mol. The second kappa shape index (κ2) is 78.8. The van der Waals surface area contributed by atoms with E-state index in [4.69, 9.17) is 4.74 Å². The molecule has 0 heterocycles. The minimum Gasteiger partial charge on any atom is -0.466 e. The van der Waals surface area contributed by atoms with E-state index < -0.39 is 12.1 Å². The summed E-state index contributed by atoms with van der Waals surface area (Å²) in [4.78, 5) is 24.6. The fourth-order valence-corrected chi connectivity index (χ4v) is 13.3. The van der Waals surface area contributed by atoms with E-state index in [1.54, 1.807) is 0 Å². The molecule has 0 aliphatic carbocycles. The molecule has 0 bridgehead atoms. The van der Waals surface area contributed by atoms with Crippen molar-refractivity contribution in [2.75, 3.05) is 13.2 Å². The number of aliphatic hydroxyl groups is 2. The van der Waals surface area contributed by atoms with Gasteiger partial charge in [0.05, 0.1) is 25.4 Å². The lowest BCUT2D eigenvalue weighted by atomic mass is 10.0. The molecule has 6 nitrogen and oxygen atoms in total. The van der Waals surface area contributed by atoms with Gasteiger partial charge in [-0.2, -0.15) is 0 Å². The third-order valence-corrected chi connectivity index (χ3v) is 19.5. The van der Waals surface area contributed by atoms with Gasteiger partial charge in [-0.05, 0) is 57.8 Å². The number of carbonyl (C=O) groups excluding carboxylic acids is 2. The summed E-state index contributed by atoms with van der Waals surface area (Å²) in [6.45, 7) is 5.01. The summed E-state index contributed by atoms with van der Waals surface area (Å²) < 4.78 is 5.49. The van der Waals surface area contributed by atoms with Crippen LogP contribution >= 0.6 is 0 Å². The molecule has 0 fully saturated rings. The molecule has 0 radical (unpaired) electrons. The second-order valence-corrected chi connectivity index (χ2v) is 28.5. The summed E-state index contributed by atoms with van der Waals surface area (Å²) in [5, 5.41) is 23.5. The Hall–Kier alpha value is -1.66. The molecule has 0 saturated carbocycles. The van der Waals surface area contributed by atoms with Crippen LogP contribution < -0.4 is 5.32 Å². The number of amides is 1. The Bertz CT molecular complexity index is 1400. The maximum atomic E-state index is 12.6. The normalized spacial score (nSPS) is 12.5. The Morgan fingerprint density at radius 1 is 0.315 bits per heavy atom. The van der Waals surface area contributed by atoms with Crippen molar-refractivity contribution < 1.29 is 24.5 Å². The fraction of sp³-hybridized carbons (Fsp3) is 0.928. The lowest BCUT2D eigenvalue weighted by Gasteiger charge is -2.22. The molecule has 0 aromatic rings. The van der Waals surface area contributed by atoms with Gasteiger partial charge < -0.3 is 20.3 Å². The molecule has 0 saturated heterocycles. The van der Waals surface area contributed by atoms with Gasteiger partial charge in [0.2, 0.25) is 5.91 Å². The first kappa shape index (κ1) is 87.3. The van der Waals surface area contributed by atoms with Crippen LogP contribution in [0, 0.1) is 0 Å². The zero-order chi connectivity index (χ0) is 64.2. The van der Waals surface area contributed by atoms with E-state index in [1.807, 2.05) is 0 Å². The molecule has 1 amide bonds. The quantitative estimate of drug-likeness (QED) is 0.0320. The van der Waals surface area contributed by atoms with Gasteiger partial charge in [-0.1, -0.05) is 423 Å². The predicted molar refractivity (Wildman–Crippen MR) is 393 cm³/mol. The first-order valence-electron chi connectivity index (χ1n) is 41.1. The second-order valence-electron chi connectivity index (χ2n) is 28.5. The van der Waals surface area contributed by atoms with Crippen LogP contribution in [-0.4, -0.2) is 47.4 Å². The number of nitrogens with one attached hydrogen (secondary N) is 1. The van der Waals surface area contributed by atoms with Gasteiger partial charge in [0, 0.05) is 12.8 Å². The van der Waals surface area contributed by atoms with E-state index in [1.165, 1.54) is 392 Å². The van der Waals surface area contributed by atoms with Crippen LogP contribution in [0.4, 0.5) is 0 Å². The van der Waals surface area contributed by atoms with Crippen molar-refractivity contribution in [2.45, 2.75) is 482 Å². The Balaban J connectivity index is 3.36. The minimum atomic E-state index is -0.663. The molecule has 0 aliphatic heterocycles. The highest BCUT2D eigenvalue weighted by Gasteiger charge is 2.20. The molecular formula is C83H161NO5. The van der Waals surface area contributed by atoms with E-state index in [2.05, 4.69) is 43.5 Å². The van der Waals surface area contributed by atoms with Crippen LogP contribution in [0.25, 0.3) is 0 Å².